The first-order valence-corrected chi connectivity index (χ1v) is 8.12. The lowest BCUT2D eigenvalue weighted by Gasteiger charge is -2.05. The van der Waals surface area contributed by atoms with Crippen LogP contribution in [0.15, 0.2) is 41.7 Å². The number of halogens is 1. The minimum atomic E-state index is -3.79. The predicted molar refractivity (Wildman–Crippen MR) is 77.1 cm³/mol. The number of benzene rings is 1. The summed E-state index contributed by atoms with van der Waals surface area (Å²) in [6, 6.07) is 5.34. The second-order valence-electron chi connectivity index (χ2n) is 4.31. The van der Waals surface area contributed by atoms with Crippen LogP contribution in [0, 0.1) is 6.92 Å². The molecule has 2 heterocycles. The zero-order valence-electron chi connectivity index (χ0n) is 10.5. The van der Waals surface area contributed by atoms with Crippen LogP contribution in [0.3, 0.4) is 0 Å². The second kappa shape index (κ2) is 4.57. The van der Waals surface area contributed by atoms with Gasteiger partial charge < -0.3 is 4.98 Å². The van der Waals surface area contributed by atoms with Crippen molar-refractivity contribution in [3.63, 3.8) is 0 Å². The average Bonchev–Trinajstić information content (AvgIpc) is 2.83. The summed E-state index contributed by atoms with van der Waals surface area (Å²) in [5.74, 6) is 0. The predicted octanol–water partition coefficient (Wildman–Crippen LogP) is 2.86. The Morgan fingerprint density at radius 1 is 1.20 bits per heavy atom. The van der Waals surface area contributed by atoms with Crippen molar-refractivity contribution in [1.29, 1.82) is 0 Å². The summed E-state index contributed by atoms with van der Waals surface area (Å²) < 4.78 is 23.1. The Labute approximate surface area is 120 Å². The molecule has 1 aromatic carbocycles. The van der Waals surface area contributed by atoms with Gasteiger partial charge in [-0.25, -0.2) is 8.42 Å². The first-order valence-electron chi connectivity index (χ1n) is 5.81. The largest absolute Gasteiger partial charge is 0.359 e. The molecule has 0 aliphatic carbocycles. The number of nitrogens with zero attached hydrogens (tertiary/aromatic N) is 2. The maximum Gasteiger partial charge on any atom is 0.263 e. The van der Waals surface area contributed by atoms with E-state index in [-0.39, 0.29) is 4.90 Å². The number of hydrogen-bond acceptors (Lipinski definition) is 4. The van der Waals surface area contributed by atoms with E-state index in [0.29, 0.717) is 16.6 Å². The fourth-order valence-corrected chi connectivity index (χ4v) is 3.22. The number of hydrogen-bond donors (Lipinski definition) is 1. The number of aromatic nitrogens is 3. The lowest BCUT2D eigenvalue weighted by molar-refractivity contribution is 0.610. The van der Waals surface area contributed by atoms with Gasteiger partial charge in [0.15, 0.2) is 0 Å². The van der Waals surface area contributed by atoms with Crippen LogP contribution < -0.4 is 0 Å². The van der Waals surface area contributed by atoms with E-state index < -0.39 is 9.05 Å². The van der Waals surface area contributed by atoms with E-state index in [1.807, 2.05) is 13.0 Å². The molecule has 3 aromatic rings. The molecule has 0 aliphatic heterocycles. The van der Waals surface area contributed by atoms with Crippen molar-refractivity contribution < 1.29 is 8.42 Å². The number of nitrogens with one attached hydrogen (secondary N) is 1. The molecular formula is C13H10ClN3O2S. The number of fused-ring (bicyclic) bond motifs is 1. The Hall–Kier alpha value is -1.92. The Morgan fingerprint density at radius 3 is 2.65 bits per heavy atom. The summed E-state index contributed by atoms with van der Waals surface area (Å²) in [6.45, 7) is 1.85. The lowest BCUT2D eigenvalue weighted by atomic mass is 10.1. The normalized spacial score (nSPS) is 11.9. The van der Waals surface area contributed by atoms with Crippen molar-refractivity contribution in [3.05, 3.63) is 42.5 Å². The average molecular weight is 308 g/mol. The van der Waals surface area contributed by atoms with Gasteiger partial charge in [0.25, 0.3) is 9.05 Å². The van der Waals surface area contributed by atoms with E-state index in [4.69, 9.17) is 10.7 Å². The summed E-state index contributed by atoms with van der Waals surface area (Å²) >= 11 is 0. The lowest BCUT2D eigenvalue weighted by Crippen LogP contribution is -1.92. The molecule has 2 aromatic heterocycles. The van der Waals surface area contributed by atoms with E-state index in [0.717, 1.165) is 11.3 Å². The molecule has 0 saturated heterocycles. The van der Waals surface area contributed by atoms with Gasteiger partial charge in [0.1, 0.15) is 4.90 Å². The van der Waals surface area contributed by atoms with Gasteiger partial charge in [0.2, 0.25) is 0 Å². The highest BCUT2D eigenvalue weighted by Crippen LogP contribution is 2.32. The van der Waals surface area contributed by atoms with E-state index in [2.05, 4.69) is 15.0 Å². The summed E-state index contributed by atoms with van der Waals surface area (Å²) in [6.07, 6.45) is 4.61. The molecule has 5 nitrogen and oxygen atoms in total. The SMILES string of the molecule is Cc1nccnc1-c1cccc2c(S(=O)(=O)Cl)c[nH]c12. The molecule has 0 fully saturated rings. The number of aromatic amines is 1. The van der Waals surface area contributed by atoms with Gasteiger partial charge in [-0.2, -0.15) is 0 Å². The molecule has 102 valence electrons. The van der Waals surface area contributed by atoms with Crippen molar-refractivity contribution >= 4 is 30.6 Å². The molecule has 1 N–H and O–H groups in total. The molecule has 20 heavy (non-hydrogen) atoms. The standard InChI is InChI=1S/C13H10ClN3O2S/c1-8-12(16-6-5-15-8)10-4-2-3-9-11(20(14,18)19)7-17-13(9)10/h2-7,17H,1H3. The number of H-pyrrole nitrogens is 1. The van der Waals surface area contributed by atoms with E-state index in [1.165, 1.54) is 6.20 Å². The summed E-state index contributed by atoms with van der Waals surface area (Å²) in [4.78, 5) is 11.5. The molecule has 7 heteroatoms. The molecule has 0 bridgehead atoms. The Bertz CT molecular complexity index is 903. The summed E-state index contributed by atoms with van der Waals surface area (Å²) in [5, 5.41) is 0.544. The minimum absolute atomic E-state index is 0.0672. The zero-order valence-corrected chi connectivity index (χ0v) is 12.0. The van der Waals surface area contributed by atoms with Crippen molar-refractivity contribution in [2.24, 2.45) is 0 Å². The van der Waals surface area contributed by atoms with Gasteiger partial charge in [-0.05, 0) is 6.92 Å². The van der Waals surface area contributed by atoms with Crippen LogP contribution in [-0.4, -0.2) is 23.4 Å². The van der Waals surface area contributed by atoms with Gasteiger partial charge in [-0.3, -0.25) is 9.97 Å². The summed E-state index contributed by atoms with van der Waals surface area (Å²) in [5.41, 5.74) is 2.94. The van der Waals surface area contributed by atoms with Crippen LogP contribution in [0.25, 0.3) is 22.2 Å². The molecule has 0 spiro atoms. The quantitative estimate of drug-likeness (QED) is 0.739. The smallest absolute Gasteiger partial charge is 0.263 e. The molecule has 0 unspecified atom stereocenters. The van der Waals surface area contributed by atoms with Gasteiger partial charge in [0, 0.05) is 40.2 Å². The van der Waals surface area contributed by atoms with Gasteiger partial charge in [-0.1, -0.05) is 18.2 Å². The van der Waals surface area contributed by atoms with Gasteiger partial charge in [0.05, 0.1) is 16.9 Å². The number of para-hydroxylation sites is 1. The Morgan fingerprint density at radius 2 is 1.95 bits per heavy atom. The molecular weight excluding hydrogens is 298 g/mol. The highest BCUT2D eigenvalue weighted by molar-refractivity contribution is 8.14. The number of rotatable bonds is 2. The van der Waals surface area contributed by atoms with Crippen LogP contribution in [-0.2, 0) is 9.05 Å². The van der Waals surface area contributed by atoms with E-state index in [1.54, 1.807) is 24.5 Å². The third-order valence-electron chi connectivity index (χ3n) is 3.08. The van der Waals surface area contributed by atoms with Crippen molar-refractivity contribution in [2.45, 2.75) is 11.8 Å². The van der Waals surface area contributed by atoms with Crippen molar-refractivity contribution in [3.8, 4) is 11.3 Å². The Balaban J connectivity index is 2.35. The van der Waals surface area contributed by atoms with Gasteiger partial charge >= 0.3 is 0 Å². The maximum absolute atomic E-state index is 11.5. The van der Waals surface area contributed by atoms with Gasteiger partial charge in [-0.15, -0.1) is 0 Å². The Kier molecular flexibility index (Phi) is 2.99. The molecule has 0 radical (unpaired) electrons. The van der Waals surface area contributed by atoms with Crippen LogP contribution in [0.5, 0.6) is 0 Å². The zero-order chi connectivity index (χ0) is 14.3. The third-order valence-corrected chi connectivity index (χ3v) is 4.44. The van der Waals surface area contributed by atoms with Crippen molar-refractivity contribution in [2.75, 3.05) is 0 Å². The fraction of sp³-hybridized carbons (Fsp3) is 0.0769. The number of aryl methyl sites for hydroxylation is 1. The second-order valence-corrected chi connectivity index (χ2v) is 6.84. The molecule has 0 saturated carbocycles. The van der Waals surface area contributed by atoms with Crippen LogP contribution in [0.2, 0.25) is 0 Å². The molecule has 0 aliphatic rings. The first-order chi connectivity index (χ1) is 9.48. The molecule has 0 atom stereocenters. The molecule has 0 amide bonds. The highest BCUT2D eigenvalue weighted by Gasteiger charge is 2.18. The van der Waals surface area contributed by atoms with Crippen LogP contribution in [0.1, 0.15) is 5.69 Å². The minimum Gasteiger partial charge on any atom is -0.359 e. The van der Waals surface area contributed by atoms with Crippen LogP contribution in [0.4, 0.5) is 0 Å². The first kappa shape index (κ1) is 13.1. The van der Waals surface area contributed by atoms with Crippen molar-refractivity contribution in [1.82, 2.24) is 15.0 Å². The monoisotopic (exact) mass is 307 g/mol. The topological polar surface area (TPSA) is 75.7 Å². The maximum atomic E-state index is 11.5. The van der Waals surface area contributed by atoms with Crippen LogP contribution >= 0.6 is 10.7 Å². The third kappa shape index (κ3) is 2.07. The van der Waals surface area contributed by atoms with E-state index >= 15 is 0 Å². The van der Waals surface area contributed by atoms with E-state index in [9.17, 15) is 8.42 Å². The highest BCUT2D eigenvalue weighted by atomic mass is 35.7. The summed E-state index contributed by atoms with van der Waals surface area (Å²) in [7, 11) is 1.64. The molecule has 3 rings (SSSR count). The fourth-order valence-electron chi connectivity index (χ4n) is 2.20.